The van der Waals surface area contributed by atoms with Gasteiger partial charge < -0.3 is 10.1 Å². The standard InChI is InChI=1S/C22H29N3O3/c1-17-15-20(25(24-17)19-12-6-3-7-13-19)23-21(26)16-28-22(27)14-8-11-18-9-4-2-5-10-18/h3,6-7,12-13,15,18H,2,4-5,8-11,14,16H2,1H3,(H,23,26). The number of esters is 1. The number of carbonyl (C=O) groups excluding carboxylic acids is 2. The van der Waals surface area contributed by atoms with Crippen molar-refractivity contribution in [2.45, 2.75) is 58.3 Å². The summed E-state index contributed by atoms with van der Waals surface area (Å²) >= 11 is 0. The van der Waals surface area contributed by atoms with Gasteiger partial charge in [0.1, 0.15) is 5.82 Å². The van der Waals surface area contributed by atoms with Crippen LogP contribution in [-0.4, -0.2) is 28.3 Å². The lowest BCUT2D eigenvalue weighted by molar-refractivity contribution is -0.147. The molecule has 6 heteroatoms. The highest BCUT2D eigenvalue weighted by atomic mass is 16.5. The second-order valence-electron chi connectivity index (χ2n) is 7.52. The lowest BCUT2D eigenvalue weighted by atomic mass is 9.86. The number of benzene rings is 1. The van der Waals surface area contributed by atoms with Crippen LogP contribution in [0.4, 0.5) is 5.82 Å². The van der Waals surface area contributed by atoms with Gasteiger partial charge in [0.2, 0.25) is 0 Å². The molecule has 1 aromatic heterocycles. The van der Waals surface area contributed by atoms with E-state index in [4.69, 9.17) is 4.74 Å². The zero-order valence-electron chi connectivity index (χ0n) is 16.5. The fraction of sp³-hybridized carbons (Fsp3) is 0.500. The summed E-state index contributed by atoms with van der Waals surface area (Å²) < 4.78 is 6.80. The number of para-hydroxylation sites is 1. The molecule has 0 unspecified atom stereocenters. The molecule has 150 valence electrons. The molecule has 6 nitrogen and oxygen atoms in total. The molecule has 0 saturated heterocycles. The van der Waals surface area contributed by atoms with E-state index in [1.54, 1.807) is 10.7 Å². The molecule has 0 radical (unpaired) electrons. The Balaban J connectivity index is 1.42. The van der Waals surface area contributed by atoms with Gasteiger partial charge in [0.15, 0.2) is 6.61 Å². The normalized spacial score (nSPS) is 14.6. The molecule has 0 atom stereocenters. The van der Waals surface area contributed by atoms with Crippen molar-refractivity contribution in [2.75, 3.05) is 11.9 Å². The van der Waals surface area contributed by atoms with Gasteiger partial charge in [0.25, 0.3) is 5.91 Å². The summed E-state index contributed by atoms with van der Waals surface area (Å²) in [4.78, 5) is 24.1. The molecule has 1 fully saturated rings. The van der Waals surface area contributed by atoms with Crippen molar-refractivity contribution in [1.29, 1.82) is 0 Å². The first-order valence-electron chi connectivity index (χ1n) is 10.2. The fourth-order valence-corrected chi connectivity index (χ4v) is 3.76. The van der Waals surface area contributed by atoms with Crippen LogP contribution in [0, 0.1) is 12.8 Å². The number of aromatic nitrogens is 2. The van der Waals surface area contributed by atoms with Crippen molar-refractivity contribution in [1.82, 2.24) is 9.78 Å². The number of rotatable bonds is 8. The van der Waals surface area contributed by atoms with E-state index in [2.05, 4.69) is 10.4 Å². The maximum Gasteiger partial charge on any atom is 0.306 e. The molecule has 1 heterocycles. The van der Waals surface area contributed by atoms with Gasteiger partial charge in [0, 0.05) is 12.5 Å². The first-order valence-corrected chi connectivity index (χ1v) is 10.2. The molecule has 1 N–H and O–H groups in total. The Morgan fingerprint density at radius 2 is 1.93 bits per heavy atom. The van der Waals surface area contributed by atoms with Gasteiger partial charge in [0.05, 0.1) is 11.4 Å². The third-order valence-electron chi connectivity index (χ3n) is 5.18. The highest BCUT2D eigenvalue weighted by molar-refractivity contribution is 5.92. The largest absolute Gasteiger partial charge is 0.456 e. The molecule has 2 aromatic rings. The predicted octanol–water partition coefficient (Wildman–Crippen LogP) is 4.41. The van der Waals surface area contributed by atoms with Gasteiger partial charge in [-0.1, -0.05) is 50.3 Å². The van der Waals surface area contributed by atoms with Crippen molar-refractivity contribution in [3.63, 3.8) is 0 Å². The van der Waals surface area contributed by atoms with Gasteiger partial charge in [-0.3, -0.25) is 9.59 Å². The third-order valence-corrected chi connectivity index (χ3v) is 5.18. The Labute approximate surface area is 166 Å². The molecule has 1 aromatic carbocycles. The van der Waals surface area contributed by atoms with Crippen LogP contribution in [0.2, 0.25) is 0 Å². The summed E-state index contributed by atoms with van der Waals surface area (Å²) in [7, 11) is 0. The van der Waals surface area contributed by atoms with Gasteiger partial charge in [-0.2, -0.15) is 5.10 Å². The predicted molar refractivity (Wildman–Crippen MR) is 108 cm³/mol. The molecular weight excluding hydrogens is 354 g/mol. The molecule has 0 aliphatic heterocycles. The second-order valence-corrected chi connectivity index (χ2v) is 7.52. The zero-order chi connectivity index (χ0) is 19.8. The Bertz CT molecular complexity index is 780. The maximum atomic E-state index is 12.2. The van der Waals surface area contributed by atoms with E-state index < -0.39 is 0 Å². The number of aryl methyl sites for hydroxylation is 1. The number of anilines is 1. The number of nitrogens with zero attached hydrogens (tertiary/aromatic N) is 2. The van der Waals surface area contributed by atoms with Crippen LogP contribution in [0.3, 0.4) is 0 Å². The van der Waals surface area contributed by atoms with Crippen molar-refractivity contribution < 1.29 is 14.3 Å². The Morgan fingerprint density at radius 3 is 2.68 bits per heavy atom. The number of hydrogen-bond donors (Lipinski definition) is 1. The molecule has 1 aliphatic rings. The lowest BCUT2D eigenvalue weighted by Gasteiger charge is -2.20. The lowest BCUT2D eigenvalue weighted by Crippen LogP contribution is -2.22. The molecule has 0 spiro atoms. The van der Waals surface area contributed by atoms with E-state index in [1.165, 1.54) is 32.1 Å². The minimum Gasteiger partial charge on any atom is -0.456 e. The van der Waals surface area contributed by atoms with Gasteiger partial charge in [-0.15, -0.1) is 0 Å². The van der Waals surface area contributed by atoms with Crippen LogP contribution in [0.25, 0.3) is 5.69 Å². The molecule has 0 bridgehead atoms. The van der Waals surface area contributed by atoms with Crippen molar-refractivity contribution in [3.8, 4) is 5.69 Å². The molecular formula is C22H29N3O3. The van der Waals surface area contributed by atoms with Crippen LogP contribution in [-0.2, 0) is 14.3 Å². The summed E-state index contributed by atoms with van der Waals surface area (Å²) in [6, 6.07) is 11.4. The topological polar surface area (TPSA) is 73.2 Å². The monoisotopic (exact) mass is 383 g/mol. The number of ether oxygens (including phenoxy) is 1. The number of carbonyl (C=O) groups is 2. The van der Waals surface area contributed by atoms with Crippen LogP contribution < -0.4 is 5.32 Å². The Kier molecular flexibility index (Phi) is 7.23. The SMILES string of the molecule is Cc1cc(NC(=O)COC(=O)CCCC2CCCCC2)n(-c2ccccc2)n1. The van der Waals surface area contributed by atoms with Crippen LogP contribution in [0.15, 0.2) is 36.4 Å². The first kappa shape index (κ1) is 20.1. The quantitative estimate of drug-likeness (QED) is 0.685. The summed E-state index contributed by atoms with van der Waals surface area (Å²) in [5.74, 6) is 0.643. The van der Waals surface area contributed by atoms with Crippen LogP contribution in [0.1, 0.15) is 57.1 Å². The fourth-order valence-electron chi connectivity index (χ4n) is 3.76. The Morgan fingerprint density at radius 1 is 1.18 bits per heavy atom. The smallest absolute Gasteiger partial charge is 0.306 e. The summed E-state index contributed by atoms with van der Waals surface area (Å²) in [6.07, 6.45) is 8.84. The molecule has 28 heavy (non-hydrogen) atoms. The summed E-state index contributed by atoms with van der Waals surface area (Å²) in [5.41, 5.74) is 1.64. The third kappa shape index (κ3) is 5.94. The average molecular weight is 383 g/mol. The van der Waals surface area contributed by atoms with E-state index >= 15 is 0 Å². The second kappa shape index (κ2) is 10.1. The first-order chi connectivity index (χ1) is 13.6. The zero-order valence-corrected chi connectivity index (χ0v) is 16.5. The average Bonchev–Trinajstić information content (AvgIpc) is 3.08. The van der Waals surface area contributed by atoms with Crippen LogP contribution in [0.5, 0.6) is 0 Å². The molecule has 1 amide bonds. The van der Waals surface area contributed by atoms with Crippen molar-refractivity contribution in [3.05, 3.63) is 42.1 Å². The molecule has 3 rings (SSSR count). The highest BCUT2D eigenvalue weighted by Gasteiger charge is 2.15. The van der Waals surface area contributed by atoms with E-state index in [0.29, 0.717) is 12.2 Å². The number of nitrogens with one attached hydrogen (secondary N) is 1. The van der Waals surface area contributed by atoms with Crippen molar-refractivity contribution in [2.24, 2.45) is 5.92 Å². The maximum absolute atomic E-state index is 12.2. The minimum absolute atomic E-state index is 0.277. The van der Waals surface area contributed by atoms with E-state index in [0.717, 1.165) is 30.1 Å². The molecule has 1 aliphatic carbocycles. The van der Waals surface area contributed by atoms with Crippen LogP contribution >= 0.6 is 0 Å². The van der Waals surface area contributed by atoms with Gasteiger partial charge >= 0.3 is 5.97 Å². The number of hydrogen-bond acceptors (Lipinski definition) is 4. The number of amides is 1. The highest BCUT2D eigenvalue weighted by Crippen LogP contribution is 2.27. The van der Waals surface area contributed by atoms with E-state index in [-0.39, 0.29) is 18.5 Å². The molecule has 1 saturated carbocycles. The van der Waals surface area contributed by atoms with E-state index in [1.807, 2.05) is 37.3 Å². The van der Waals surface area contributed by atoms with Crippen molar-refractivity contribution >= 4 is 17.7 Å². The van der Waals surface area contributed by atoms with Gasteiger partial charge in [-0.05, 0) is 37.8 Å². The summed E-state index contributed by atoms with van der Waals surface area (Å²) in [6.45, 7) is 1.59. The van der Waals surface area contributed by atoms with Gasteiger partial charge in [-0.25, -0.2) is 4.68 Å². The Hall–Kier alpha value is -2.63. The minimum atomic E-state index is -0.363. The van der Waals surface area contributed by atoms with E-state index in [9.17, 15) is 9.59 Å². The summed E-state index contributed by atoms with van der Waals surface area (Å²) in [5, 5.41) is 7.19.